The van der Waals surface area contributed by atoms with E-state index in [0.29, 0.717) is 0 Å². The third kappa shape index (κ3) is 4.82. The zero-order chi connectivity index (χ0) is 16.8. The van der Waals surface area contributed by atoms with Crippen molar-refractivity contribution in [1.82, 2.24) is 0 Å². The fraction of sp³-hybridized carbons (Fsp3) is 0.176. The normalized spacial score (nSPS) is 10.2. The van der Waals surface area contributed by atoms with E-state index in [4.69, 9.17) is 0 Å². The van der Waals surface area contributed by atoms with Gasteiger partial charge in [-0.2, -0.15) is 0 Å². The van der Waals surface area contributed by atoms with Crippen molar-refractivity contribution in [2.24, 2.45) is 0 Å². The lowest BCUT2D eigenvalue weighted by Gasteiger charge is -2.08. The quantitative estimate of drug-likeness (QED) is 0.670. The van der Waals surface area contributed by atoms with Crippen molar-refractivity contribution in [2.75, 3.05) is 18.2 Å². The molecule has 0 atom stereocenters. The van der Waals surface area contributed by atoms with Gasteiger partial charge >= 0.3 is 5.97 Å². The molecule has 2 rings (SSSR count). The largest absolute Gasteiger partial charge is 0.465 e. The number of amides is 1. The molecule has 0 fully saturated rings. The van der Waals surface area contributed by atoms with Gasteiger partial charge < -0.3 is 10.1 Å². The highest BCUT2D eigenvalue weighted by Crippen LogP contribution is 2.20. The minimum atomic E-state index is -0.605. The maximum atomic E-state index is 13.7. The van der Waals surface area contributed by atoms with Crippen molar-refractivity contribution in [1.29, 1.82) is 0 Å². The molecule has 6 heteroatoms. The molecule has 0 bridgehead atoms. The van der Waals surface area contributed by atoms with Gasteiger partial charge in [-0.15, -0.1) is 11.8 Å². The van der Waals surface area contributed by atoms with E-state index in [-0.39, 0.29) is 22.9 Å². The predicted octanol–water partition coefficient (Wildman–Crippen LogP) is 3.65. The Morgan fingerprint density at radius 2 is 1.87 bits per heavy atom. The average Bonchev–Trinajstić information content (AvgIpc) is 2.55. The molecule has 0 heterocycles. The maximum Gasteiger partial charge on any atom is 0.337 e. The van der Waals surface area contributed by atoms with Gasteiger partial charge in [0.25, 0.3) is 0 Å². The van der Waals surface area contributed by atoms with Gasteiger partial charge in [-0.3, -0.25) is 4.79 Å². The highest BCUT2D eigenvalue weighted by Gasteiger charge is 2.12. The van der Waals surface area contributed by atoms with E-state index < -0.39 is 11.8 Å². The summed E-state index contributed by atoms with van der Waals surface area (Å²) in [5.41, 5.74) is 1.28. The van der Waals surface area contributed by atoms with E-state index in [0.717, 1.165) is 16.5 Å². The molecular formula is C17H16FNO3S. The Balaban J connectivity index is 1.99. The zero-order valence-corrected chi connectivity index (χ0v) is 13.6. The smallest absolute Gasteiger partial charge is 0.337 e. The van der Waals surface area contributed by atoms with Gasteiger partial charge in [-0.1, -0.05) is 17.7 Å². The molecule has 0 aromatic heterocycles. The number of methoxy groups -OCH3 is 1. The number of rotatable bonds is 5. The Morgan fingerprint density at radius 1 is 1.17 bits per heavy atom. The Labute approximate surface area is 138 Å². The average molecular weight is 333 g/mol. The summed E-state index contributed by atoms with van der Waals surface area (Å²) in [6.45, 7) is 1.98. The number of thioether (sulfide) groups is 1. The molecule has 0 radical (unpaired) electrons. The van der Waals surface area contributed by atoms with E-state index in [1.807, 2.05) is 31.2 Å². The summed E-state index contributed by atoms with van der Waals surface area (Å²) in [4.78, 5) is 24.3. The number of halogens is 1. The number of hydrogen-bond acceptors (Lipinski definition) is 4. The molecule has 0 aliphatic carbocycles. The van der Waals surface area contributed by atoms with Crippen LogP contribution in [-0.2, 0) is 9.53 Å². The van der Waals surface area contributed by atoms with Crippen molar-refractivity contribution >= 4 is 29.3 Å². The number of nitrogens with one attached hydrogen (secondary N) is 1. The minimum absolute atomic E-state index is 0.0394. The summed E-state index contributed by atoms with van der Waals surface area (Å²) in [5.74, 6) is -1.40. The van der Waals surface area contributed by atoms with Gasteiger partial charge in [-0.05, 0) is 37.3 Å². The fourth-order valence-electron chi connectivity index (χ4n) is 1.84. The number of carbonyl (C=O) groups excluding carboxylic acids is 2. The van der Waals surface area contributed by atoms with Crippen molar-refractivity contribution in [3.8, 4) is 0 Å². The predicted molar refractivity (Wildman–Crippen MR) is 88.3 cm³/mol. The SMILES string of the molecule is COC(=O)c1ccc(F)c(NC(=O)CSc2ccc(C)cc2)c1. The monoisotopic (exact) mass is 333 g/mol. The highest BCUT2D eigenvalue weighted by molar-refractivity contribution is 8.00. The Bertz CT molecular complexity index is 716. The van der Waals surface area contributed by atoms with Crippen LogP contribution in [0, 0.1) is 12.7 Å². The molecule has 0 aliphatic heterocycles. The van der Waals surface area contributed by atoms with E-state index in [1.165, 1.54) is 31.0 Å². The Kier molecular flexibility index (Phi) is 5.76. The number of esters is 1. The summed E-state index contributed by atoms with van der Waals surface area (Å²) in [7, 11) is 1.24. The van der Waals surface area contributed by atoms with Gasteiger partial charge in [0.2, 0.25) is 5.91 Å². The van der Waals surface area contributed by atoms with Crippen molar-refractivity contribution in [3.05, 3.63) is 59.4 Å². The molecule has 0 saturated heterocycles. The lowest BCUT2D eigenvalue weighted by atomic mass is 10.2. The first-order chi connectivity index (χ1) is 11.0. The van der Waals surface area contributed by atoms with Crippen LogP contribution in [0.3, 0.4) is 0 Å². The van der Waals surface area contributed by atoms with Crippen molar-refractivity contribution in [3.63, 3.8) is 0 Å². The molecule has 0 spiro atoms. The van der Waals surface area contributed by atoms with Gasteiger partial charge in [0.1, 0.15) is 5.82 Å². The Hall–Kier alpha value is -2.34. The lowest BCUT2D eigenvalue weighted by molar-refractivity contribution is -0.113. The molecule has 0 aliphatic rings. The second-order valence-corrected chi connectivity index (χ2v) is 5.88. The molecular weight excluding hydrogens is 317 g/mol. The Morgan fingerprint density at radius 3 is 2.52 bits per heavy atom. The molecule has 2 aromatic rings. The number of hydrogen-bond donors (Lipinski definition) is 1. The second-order valence-electron chi connectivity index (χ2n) is 4.84. The lowest BCUT2D eigenvalue weighted by Crippen LogP contribution is -2.15. The third-order valence-corrected chi connectivity index (χ3v) is 4.06. The van der Waals surface area contributed by atoms with E-state index in [2.05, 4.69) is 10.1 Å². The highest BCUT2D eigenvalue weighted by atomic mass is 32.2. The fourth-order valence-corrected chi connectivity index (χ4v) is 2.53. The third-order valence-electron chi connectivity index (χ3n) is 3.05. The first-order valence-corrected chi connectivity index (χ1v) is 7.85. The summed E-state index contributed by atoms with van der Waals surface area (Å²) < 4.78 is 18.3. The van der Waals surface area contributed by atoms with Gasteiger partial charge in [0.15, 0.2) is 0 Å². The minimum Gasteiger partial charge on any atom is -0.465 e. The topological polar surface area (TPSA) is 55.4 Å². The van der Waals surface area contributed by atoms with Gasteiger partial charge in [-0.25, -0.2) is 9.18 Å². The molecule has 23 heavy (non-hydrogen) atoms. The number of anilines is 1. The maximum absolute atomic E-state index is 13.7. The van der Waals surface area contributed by atoms with E-state index >= 15 is 0 Å². The first kappa shape index (κ1) is 17.0. The van der Waals surface area contributed by atoms with Crippen LogP contribution in [0.2, 0.25) is 0 Å². The molecule has 1 amide bonds. The van der Waals surface area contributed by atoms with Gasteiger partial charge in [0, 0.05) is 4.90 Å². The summed E-state index contributed by atoms with van der Waals surface area (Å²) in [5, 5.41) is 2.47. The van der Waals surface area contributed by atoms with Crippen LogP contribution in [0.1, 0.15) is 15.9 Å². The number of carbonyl (C=O) groups is 2. The van der Waals surface area contributed by atoms with E-state index in [9.17, 15) is 14.0 Å². The summed E-state index contributed by atoms with van der Waals surface area (Å²) >= 11 is 1.35. The molecule has 2 aromatic carbocycles. The standard InChI is InChI=1S/C17H16FNO3S/c1-11-3-6-13(7-4-11)23-10-16(20)19-15-9-12(17(21)22-2)5-8-14(15)18/h3-9H,10H2,1-2H3,(H,19,20). The van der Waals surface area contributed by atoms with Crippen LogP contribution in [0.15, 0.2) is 47.4 Å². The van der Waals surface area contributed by atoms with Crippen LogP contribution in [0.25, 0.3) is 0 Å². The van der Waals surface area contributed by atoms with Crippen LogP contribution < -0.4 is 5.32 Å². The molecule has 0 saturated carbocycles. The molecule has 4 nitrogen and oxygen atoms in total. The van der Waals surface area contributed by atoms with E-state index in [1.54, 1.807) is 0 Å². The summed E-state index contributed by atoms with van der Waals surface area (Å²) in [6, 6.07) is 11.4. The van der Waals surface area contributed by atoms with Crippen LogP contribution in [-0.4, -0.2) is 24.7 Å². The van der Waals surface area contributed by atoms with Crippen LogP contribution >= 0.6 is 11.8 Å². The molecule has 120 valence electrons. The number of aryl methyl sites for hydroxylation is 1. The molecule has 1 N–H and O–H groups in total. The van der Waals surface area contributed by atoms with Crippen LogP contribution in [0.4, 0.5) is 10.1 Å². The second kappa shape index (κ2) is 7.78. The van der Waals surface area contributed by atoms with Crippen molar-refractivity contribution < 1.29 is 18.7 Å². The summed E-state index contributed by atoms with van der Waals surface area (Å²) in [6.07, 6.45) is 0. The number of benzene rings is 2. The van der Waals surface area contributed by atoms with Crippen LogP contribution in [0.5, 0.6) is 0 Å². The number of ether oxygens (including phenoxy) is 1. The molecule has 0 unspecified atom stereocenters. The van der Waals surface area contributed by atoms with Crippen molar-refractivity contribution in [2.45, 2.75) is 11.8 Å². The van der Waals surface area contributed by atoms with Gasteiger partial charge in [0.05, 0.1) is 24.1 Å². The zero-order valence-electron chi connectivity index (χ0n) is 12.8. The first-order valence-electron chi connectivity index (χ1n) is 6.87.